The van der Waals surface area contributed by atoms with Crippen molar-refractivity contribution in [2.75, 3.05) is 57.9 Å². The van der Waals surface area contributed by atoms with Crippen LogP contribution in [0.25, 0.3) is 16.9 Å². The van der Waals surface area contributed by atoms with Crippen molar-refractivity contribution in [2.45, 2.75) is 44.8 Å². The van der Waals surface area contributed by atoms with Crippen molar-refractivity contribution < 1.29 is 37.3 Å². The number of aromatic nitrogens is 5. The maximum Gasteiger partial charge on any atom is 0.435 e. The molecule has 1 saturated heterocycles. The highest BCUT2D eigenvalue weighted by atomic mass is 19.4. The monoisotopic (exact) mass is 672 g/mol. The SMILES string of the molecule is CCc1cc(Nc2nccn3c(-c4cn(C5CCC5)nc4C(F)(F)F)cnc23)ccc1C(=O)NCCOCCN1CCOCC1.O=CO. The predicted molar refractivity (Wildman–Crippen MR) is 170 cm³/mol. The van der Waals surface area contributed by atoms with E-state index in [1.807, 2.05) is 13.0 Å². The molecule has 2 aliphatic rings. The number of nitrogens with zero attached hydrogens (tertiary/aromatic N) is 6. The minimum absolute atomic E-state index is 0.0188. The van der Waals surface area contributed by atoms with E-state index in [9.17, 15) is 18.0 Å². The fourth-order valence-corrected chi connectivity index (χ4v) is 5.61. The van der Waals surface area contributed by atoms with Gasteiger partial charge in [0.25, 0.3) is 12.4 Å². The van der Waals surface area contributed by atoms with E-state index in [0.717, 1.165) is 57.7 Å². The number of rotatable bonds is 12. The van der Waals surface area contributed by atoms with Crippen LogP contribution in [0.3, 0.4) is 0 Å². The van der Waals surface area contributed by atoms with Crippen molar-refractivity contribution in [2.24, 2.45) is 0 Å². The molecule has 0 atom stereocenters. The quantitative estimate of drug-likeness (QED) is 0.146. The molecular weight excluding hydrogens is 633 g/mol. The maximum atomic E-state index is 14.0. The van der Waals surface area contributed by atoms with Crippen molar-refractivity contribution in [3.8, 4) is 11.3 Å². The normalized spacial score (nSPS) is 15.4. The van der Waals surface area contributed by atoms with Crippen LogP contribution in [0.4, 0.5) is 24.7 Å². The van der Waals surface area contributed by atoms with E-state index < -0.39 is 11.9 Å². The summed E-state index contributed by atoms with van der Waals surface area (Å²) in [7, 11) is 0. The number of fused-ring (bicyclic) bond motifs is 1. The first-order valence-corrected chi connectivity index (χ1v) is 15.9. The molecule has 0 spiro atoms. The van der Waals surface area contributed by atoms with Crippen LogP contribution >= 0.6 is 0 Å². The van der Waals surface area contributed by atoms with Gasteiger partial charge in [-0.25, -0.2) is 9.97 Å². The van der Waals surface area contributed by atoms with Gasteiger partial charge in [-0.3, -0.25) is 23.6 Å². The number of carbonyl (C=O) groups excluding carboxylic acids is 1. The fourth-order valence-electron chi connectivity index (χ4n) is 5.61. The zero-order valence-electron chi connectivity index (χ0n) is 26.6. The second kappa shape index (κ2) is 16.0. The summed E-state index contributed by atoms with van der Waals surface area (Å²) in [5.41, 5.74) is 1.77. The van der Waals surface area contributed by atoms with Crippen molar-refractivity contribution in [1.82, 2.24) is 34.4 Å². The number of nitrogens with one attached hydrogen (secondary N) is 2. The molecule has 0 unspecified atom stereocenters. The lowest BCUT2D eigenvalue weighted by Gasteiger charge is -2.26. The van der Waals surface area contributed by atoms with E-state index in [4.69, 9.17) is 19.4 Å². The van der Waals surface area contributed by atoms with Gasteiger partial charge in [0.15, 0.2) is 17.2 Å². The predicted octanol–water partition coefficient (Wildman–Crippen LogP) is 4.42. The zero-order chi connectivity index (χ0) is 34.1. The molecule has 4 heterocycles. The summed E-state index contributed by atoms with van der Waals surface area (Å²) in [6, 6.07) is 5.37. The Hall–Kier alpha value is -4.54. The van der Waals surface area contributed by atoms with Crippen molar-refractivity contribution in [3.63, 3.8) is 0 Å². The average Bonchev–Trinajstić information content (AvgIpc) is 3.68. The highest BCUT2D eigenvalue weighted by Gasteiger charge is 2.39. The van der Waals surface area contributed by atoms with E-state index in [0.29, 0.717) is 48.9 Å². The number of hydrogen-bond donors (Lipinski definition) is 3. The number of anilines is 2. The minimum Gasteiger partial charge on any atom is -0.483 e. The highest BCUT2D eigenvalue weighted by molar-refractivity contribution is 5.96. The first kappa shape index (κ1) is 34.8. The molecule has 1 aliphatic heterocycles. The Balaban J connectivity index is 0.00000145. The summed E-state index contributed by atoms with van der Waals surface area (Å²) in [4.78, 5) is 32.4. The largest absolute Gasteiger partial charge is 0.483 e. The van der Waals surface area contributed by atoms with Crippen LogP contribution in [-0.2, 0) is 26.9 Å². The van der Waals surface area contributed by atoms with Crippen molar-refractivity contribution >= 4 is 29.5 Å². The Bertz CT molecular complexity index is 1680. The number of amides is 1. The van der Waals surface area contributed by atoms with Gasteiger partial charge in [0.1, 0.15) is 0 Å². The Kier molecular flexibility index (Phi) is 11.6. The van der Waals surface area contributed by atoms with Gasteiger partial charge in [-0.1, -0.05) is 6.92 Å². The fraction of sp³-hybridized carbons (Fsp3) is 0.469. The Morgan fingerprint density at radius 2 is 1.96 bits per heavy atom. The maximum absolute atomic E-state index is 14.0. The van der Waals surface area contributed by atoms with E-state index in [2.05, 4.69) is 30.6 Å². The van der Waals surface area contributed by atoms with Gasteiger partial charge in [0.2, 0.25) is 0 Å². The van der Waals surface area contributed by atoms with E-state index in [-0.39, 0.29) is 29.7 Å². The number of ether oxygens (including phenoxy) is 2. The Morgan fingerprint density at radius 3 is 2.65 bits per heavy atom. The number of morpholine rings is 1. The van der Waals surface area contributed by atoms with Crippen LogP contribution in [0.1, 0.15) is 53.8 Å². The van der Waals surface area contributed by atoms with Crippen LogP contribution in [0.2, 0.25) is 0 Å². The van der Waals surface area contributed by atoms with Crippen LogP contribution in [0.5, 0.6) is 0 Å². The standard InChI is InChI=1S/C31H37F3N8O3.CH2O2/c1-2-21-18-22(6-7-24(21)30(43)36-9-14-44-15-11-40-12-16-45-17-13-40)38-28-29-37-19-26(41(29)10-8-35-28)25-20-42(23-4-3-5-23)39-27(25)31(32,33)34;2-1-3/h6-8,10,18-20,23H,2-5,9,11-17H2,1H3,(H,35,38)(H,36,43);1H,(H,2,3). The zero-order valence-corrected chi connectivity index (χ0v) is 26.6. The minimum atomic E-state index is -4.61. The third-order valence-electron chi connectivity index (χ3n) is 8.33. The van der Waals surface area contributed by atoms with Crippen molar-refractivity contribution in [3.05, 3.63) is 59.8 Å². The summed E-state index contributed by atoms with van der Waals surface area (Å²) in [5, 5.41) is 17.0. The van der Waals surface area contributed by atoms with Crippen LogP contribution in [0.15, 0.2) is 43.0 Å². The van der Waals surface area contributed by atoms with E-state index in [1.165, 1.54) is 23.3 Å². The van der Waals surface area contributed by atoms with Gasteiger partial charge in [-0.05, 0) is 49.4 Å². The number of carboxylic acid groups (broad SMARTS) is 1. The van der Waals surface area contributed by atoms with Gasteiger partial charge in [-0.2, -0.15) is 18.3 Å². The van der Waals surface area contributed by atoms with Gasteiger partial charge in [0, 0.05) is 56.0 Å². The molecule has 3 N–H and O–H groups in total. The number of aryl methyl sites for hydroxylation is 1. The number of hydrogen-bond acceptors (Lipinski definition) is 9. The van der Waals surface area contributed by atoms with Crippen LogP contribution in [-0.4, -0.2) is 99.1 Å². The van der Waals surface area contributed by atoms with Crippen LogP contribution in [0, 0.1) is 0 Å². The summed E-state index contributed by atoms with van der Waals surface area (Å²) in [6.45, 7) is 7.30. The molecule has 0 radical (unpaired) electrons. The smallest absolute Gasteiger partial charge is 0.435 e. The first-order valence-electron chi connectivity index (χ1n) is 15.9. The lowest BCUT2D eigenvalue weighted by atomic mass is 9.93. The topological polar surface area (TPSA) is 148 Å². The summed E-state index contributed by atoms with van der Waals surface area (Å²) >= 11 is 0. The van der Waals surface area contributed by atoms with Crippen molar-refractivity contribution in [1.29, 1.82) is 0 Å². The molecule has 13 nitrogen and oxygen atoms in total. The number of benzene rings is 1. The summed E-state index contributed by atoms with van der Waals surface area (Å²) < 4.78 is 56.0. The second-order valence-corrected chi connectivity index (χ2v) is 11.3. The molecule has 48 heavy (non-hydrogen) atoms. The molecule has 3 aromatic heterocycles. The molecule has 4 aromatic rings. The molecule has 6 rings (SSSR count). The molecular formula is C32H39F3N8O5. The lowest BCUT2D eigenvalue weighted by molar-refractivity contribution is -0.141. The Labute approximate surface area is 275 Å². The molecule has 258 valence electrons. The number of alkyl halides is 3. The van der Waals surface area contributed by atoms with E-state index in [1.54, 1.807) is 22.7 Å². The lowest BCUT2D eigenvalue weighted by Crippen LogP contribution is -2.38. The molecule has 1 saturated carbocycles. The number of halogens is 3. The van der Waals surface area contributed by atoms with E-state index >= 15 is 0 Å². The molecule has 1 aliphatic carbocycles. The summed E-state index contributed by atoms with van der Waals surface area (Å²) in [5.74, 6) is 0.188. The molecule has 2 fully saturated rings. The third kappa shape index (κ3) is 8.29. The van der Waals surface area contributed by atoms with Gasteiger partial charge < -0.3 is 25.2 Å². The average molecular weight is 673 g/mol. The number of carbonyl (C=O) groups is 2. The molecule has 16 heteroatoms. The Morgan fingerprint density at radius 1 is 1.19 bits per heavy atom. The van der Waals surface area contributed by atoms with Crippen LogP contribution < -0.4 is 10.6 Å². The van der Waals surface area contributed by atoms with Gasteiger partial charge >= 0.3 is 6.18 Å². The third-order valence-corrected chi connectivity index (χ3v) is 8.33. The summed E-state index contributed by atoms with van der Waals surface area (Å²) in [6.07, 6.45) is 4.59. The van der Waals surface area contributed by atoms with Gasteiger partial charge in [0.05, 0.1) is 49.9 Å². The number of imidazole rings is 1. The molecule has 0 bridgehead atoms. The molecule has 1 amide bonds. The first-order chi connectivity index (χ1) is 23.2. The molecule has 1 aromatic carbocycles. The van der Waals surface area contributed by atoms with Gasteiger partial charge in [-0.15, -0.1) is 0 Å². The highest BCUT2D eigenvalue weighted by Crippen LogP contribution is 2.40. The second-order valence-electron chi connectivity index (χ2n) is 11.3.